The van der Waals surface area contributed by atoms with E-state index in [0.29, 0.717) is 36.0 Å². The van der Waals surface area contributed by atoms with Crippen molar-refractivity contribution in [3.8, 4) is 0 Å². The molecule has 0 unspecified atom stereocenters. The van der Waals surface area contributed by atoms with E-state index in [0.717, 1.165) is 4.57 Å². The Morgan fingerprint density at radius 1 is 1.03 bits per heavy atom. The minimum atomic E-state index is -0.671. The third-order valence-corrected chi connectivity index (χ3v) is 4.52. The van der Waals surface area contributed by atoms with Gasteiger partial charge in [-0.2, -0.15) is 0 Å². The number of nitrogens with two attached hydrogens (primary N) is 1. The predicted molar refractivity (Wildman–Crippen MR) is 106 cm³/mol. The molecule has 0 aliphatic carbocycles. The zero-order valence-electron chi connectivity index (χ0n) is 15.8. The van der Waals surface area contributed by atoms with E-state index < -0.39 is 17.2 Å². The summed E-state index contributed by atoms with van der Waals surface area (Å²) in [6.45, 7) is 0.148. The monoisotopic (exact) mass is 398 g/mol. The van der Waals surface area contributed by atoms with Crippen molar-refractivity contribution in [1.29, 1.82) is 0 Å². The van der Waals surface area contributed by atoms with Crippen LogP contribution >= 0.6 is 0 Å². The number of furan rings is 1. The van der Waals surface area contributed by atoms with Gasteiger partial charge in [0.15, 0.2) is 0 Å². The molecular formula is C20H22N4O5. The number of amides is 2. The number of carbonyl (C=O) groups is 2. The molecule has 1 aromatic carbocycles. The highest BCUT2D eigenvalue weighted by atomic mass is 16.3. The van der Waals surface area contributed by atoms with Gasteiger partial charge >= 0.3 is 5.69 Å². The van der Waals surface area contributed by atoms with Crippen molar-refractivity contribution in [2.75, 3.05) is 0 Å². The lowest BCUT2D eigenvalue weighted by molar-refractivity contribution is -0.121. The molecule has 0 fully saturated rings. The first-order valence-corrected chi connectivity index (χ1v) is 9.27. The van der Waals surface area contributed by atoms with Crippen LogP contribution in [-0.4, -0.2) is 20.9 Å². The van der Waals surface area contributed by atoms with Crippen molar-refractivity contribution in [2.24, 2.45) is 5.73 Å². The number of nitrogens with one attached hydrogen (secondary N) is 1. The summed E-state index contributed by atoms with van der Waals surface area (Å²) < 4.78 is 7.44. The Labute approximate surface area is 165 Å². The second-order valence-corrected chi connectivity index (χ2v) is 6.62. The van der Waals surface area contributed by atoms with Gasteiger partial charge in [-0.1, -0.05) is 12.1 Å². The molecule has 2 heterocycles. The third-order valence-electron chi connectivity index (χ3n) is 4.52. The van der Waals surface area contributed by atoms with Crippen LogP contribution < -0.4 is 22.3 Å². The molecule has 0 aliphatic rings. The topological polar surface area (TPSA) is 129 Å². The van der Waals surface area contributed by atoms with E-state index in [1.165, 1.54) is 10.8 Å². The minimum absolute atomic E-state index is 0.140. The summed E-state index contributed by atoms with van der Waals surface area (Å²) >= 11 is 0. The number of unbranched alkanes of at least 4 members (excludes halogenated alkanes) is 1. The standard InChI is InChI=1S/C20H22N4O5/c21-17(25)13-24-16-8-2-1-7-15(16)19(27)23(20(24)28)10-4-3-9-18(26)22-12-14-6-5-11-29-14/h1-2,5-8,11H,3-4,9-10,12-13H2,(H2,21,25)(H,22,26). The molecule has 0 aliphatic heterocycles. The Balaban J connectivity index is 1.66. The van der Waals surface area contributed by atoms with Crippen LogP contribution in [0.4, 0.5) is 0 Å². The van der Waals surface area contributed by atoms with Crippen LogP contribution in [0.15, 0.2) is 56.7 Å². The second-order valence-electron chi connectivity index (χ2n) is 6.62. The van der Waals surface area contributed by atoms with E-state index in [2.05, 4.69) is 5.32 Å². The molecular weight excluding hydrogens is 376 g/mol. The number of carbonyl (C=O) groups excluding carboxylic acids is 2. The fourth-order valence-corrected chi connectivity index (χ4v) is 3.12. The second kappa shape index (κ2) is 9.05. The lowest BCUT2D eigenvalue weighted by atomic mass is 10.2. The average molecular weight is 398 g/mol. The summed E-state index contributed by atoms with van der Waals surface area (Å²) in [4.78, 5) is 48.7. The Hall–Kier alpha value is -3.62. The molecule has 9 nitrogen and oxygen atoms in total. The van der Waals surface area contributed by atoms with E-state index in [9.17, 15) is 19.2 Å². The normalized spacial score (nSPS) is 10.9. The van der Waals surface area contributed by atoms with Crippen LogP contribution in [-0.2, 0) is 29.2 Å². The Kier molecular flexibility index (Phi) is 6.28. The van der Waals surface area contributed by atoms with E-state index in [1.807, 2.05) is 0 Å². The van der Waals surface area contributed by atoms with Gasteiger partial charge in [0.05, 0.1) is 23.7 Å². The summed E-state index contributed by atoms with van der Waals surface area (Å²) in [5, 5.41) is 3.08. The Bertz CT molecular complexity index is 1130. The molecule has 2 amide bonds. The summed E-state index contributed by atoms with van der Waals surface area (Å²) in [6, 6.07) is 10.1. The molecule has 29 heavy (non-hydrogen) atoms. The fourth-order valence-electron chi connectivity index (χ4n) is 3.12. The van der Waals surface area contributed by atoms with Gasteiger partial charge in [0.1, 0.15) is 12.3 Å². The van der Waals surface area contributed by atoms with E-state index in [4.69, 9.17) is 10.2 Å². The number of fused-ring (bicyclic) bond motifs is 1. The van der Waals surface area contributed by atoms with Crippen molar-refractivity contribution >= 4 is 22.7 Å². The SMILES string of the molecule is NC(=O)Cn1c(=O)n(CCCCC(=O)NCc2ccco2)c(=O)c2ccccc21. The highest BCUT2D eigenvalue weighted by molar-refractivity contribution is 5.81. The zero-order valence-corrected chi connectivity index (χ0v) is 15.8. The summed E-state index contributed by atoms with van der Waals surface area (Å²) in [5.74, 6) is -0.148. The maximum atomic E-state index is 12.7. The first kappa shape index (κ1) is 20.1. The molecule has 0 radical (unpaired) electrons. The molecule has 3 rings (SSSR count). The van der Waals surface area contributed by atoms with Crippen molar-refractivity contribution in [3.63, 3.8) is 0 Å². The highest BCUT2D eigenvalue weighted by Crippen LogP contribution is 2.08. The summed E-state index contributed by atoms with van der Waals surface area (Å²) in [5.41, 5.74) is 4.61. The summed E-state index contributed by atoms with van der Waals surface area (Å²) in [7, 11) is 0. The number of primary amides is 1. The molecule has 3 aromatic rings. The molecule has 0 spiro atoms. The number of hydrogen-bond acceptors (Lipinski definition) is 5. The van der Waals surface area contributed by atoms with Crippen LogP contribution in [0.2, 0.25) is 0 Å². The van der Waals surface area contributed by atoms with Crippen LogP contribution in [0.1, 0.15) is 25.0 Å². The number of para-hydroxylation sites is 1. The lowest BCUT2D eigenvalue weighted by Crippen LogP contribution is -2.42. The molecule has 0 bridgehead atoms. The van der Waals surface area contributed by atoms with Crippen molar-refractivity contribution in [1.82, 2.24) is 14.5 Å². The first-order chi connectivity index (χ1) is 14.0. The van der Waals surface area contributed by atoms with Gasteiger partial charge in [0.25, 0.3) is 5.56 Å². The van der Waals surface area contributed by atoms with Crippen LogP contribution in [0.5, 0.6) is 0 Å². The number of rotatable bonds is 9. The third kappa shape index (κ3) is 4.81. The maximum absolute atomic E-state index is 12.7. The van der Waals surface area contributed by atoms with Gasteiger partial charge in [-0.25, -0.2) is 4.79 Å². The largest absolute Gasteiger partial charge is 0.467 e. The molecule has 0 saturated carbocycles. The molecule has 3 N–H and O–H groups in total. The van der Waals surface area contributed by atoms with Gasteiger partial charge in [0.2, 0.25) is 11.8 Å². The molecule has 152 valence electrons. The minimum Gasteiger partial charge on any atom is -0.467 e. The van der Waals surface area contributed by atoms with E-state index in [1.54, 1.807) is 36.4 Å². The number of hydrogen-bond donors (Lipinski definition) is 2. The zero-order chi connectivity index (χ0) is 20.8. The average Bonchev–Trinajstić information content (AvgIpc) is 3.22. The summed E-state index contributed by atoms with van der Waals surface area (Å²) in [6.07, 6.45) is 2.75. The molecule has 0 atom stereocenters. The number of nitrogens with zero attached hydrogens (tertiary/aromatic N) is 2. The van der Waals surface area contributed by atoms with E-state index >= 15 is 0 Å². The van der Waals surface area contributed by atoms with Gasteiger partial charge in [-0.15, -0.1) is 0 Å². The molecule has 0 saturated heterocycles. The van der Waals surface area contributed by atoms with Crippen LogP contribution in [0.25, 0.3) is 10.9 Å². The molecule has 9 heteroatoms. The van der Waals surface area contributed by atoms with Gasteiger partial charge in [-0.05, 0) is 37.1 Å². The Morgan fingerprint density at radius 2 is 1.83 bits per heavy atom. The predicted octanol–water partition coefficient (Wildman–Crippen LogP) is 0.728. The van der Waals surface area contributed by atoms with E-state index in [-0.39, 0.29) is 25.4 Å². The maximum Gasteiger partial charge on any atom is 0.331 e. The van der Waals surface area contributed by atoms with Gasteiger partial charge < -0.3 is 15.5 Å². The lowest BCUT2D eigenvalue weighted by Gasteiger charge is -2.12. The number of aromatic nitrogens is 2. The van der Waals surface area contributed by atoms with Gasteiger partial charge in [0, 0.05) is 13.0 Å². The van der Waals surface area contributed by atoms with Crippen molar-refractivity contribution in [3.05, 3.63) is 69.3 Å². The highest BCUT2D eigenvalue weighted by Gasteiger charge is 2.14. The van der Waals surface area contributed by atoms with Crippen molar-refractivity contribution < 1.29 is 14.0 Å². The van der Waals surface area contributed by atoms with Crippen LogP contribution in [0.3, 0.4) is 0 Å². The molecule has 2 aromatic heterocycles. The Morgan fingerprint density at radius 3 is 2.55 bits per heavy atom. The van der Waals surface area contributed by atoms with Crippen LogP contribution in [0, 0.1) is 0 Å². The number of benzene rings is 1. The smallest absolute Gasteiger partial charge is 0.331 e. The quantitative estimate of drug-likeness (QED) is 0.513. The van der Waals surface area contributed by atoms with Crippen molar-refractivity contribution in [2.45, 2.75) is 38.9 Å². The fraction of sp³-hybridized carbons (Fsp3) is 0.300. The first-order valence-electron chi connectivity index (χ1n) is 9.27. The van der Waals surface area contributed by atoms with Gasteiger partial charge in [-0.3, -0.25) is 23.5 Å².